The van der Waals surface area contributed by atoms with Gasteiger partial charge in [0.15, 0.2) is 0 Å². The number of amides is 1. The maximum absolute atomic E-state index is 14.0. The molecule has 2 aromatic heterocycles. The summed E-state index contributed by atoms with van der Waals surface area (Å²) in [4.78, 5) is 35.8. The number of fused-ring (bicyclic) bond motifs is 1. The van der Waals surface area contributed by atoms with E-state index >= 15 is 0 Å². The zero-order chi connectivity index (χ0) is 21.3. The van der Waals surface area contributed by atoms with Crippen LogP contribution in [0.15, 0.2) is 41.5 Å². The van der Waals surface area contributed by atoms with E-state index in [9.17, 15) is 14.0 Å². The number of halogens is 2. The number of hydrogen-bond donors (Lipinski definition) is 0. The Morgan fingerprint density at radius 1 is 1.31 bits per heavy atom. The van der Waals surface area contributed by atoms with Gasteiger partial charge in [0.25, 0.3) is 5.56 Å². The van der Waals surface area contributed by atoms with Crippen LogP contribution in [0.25, 0.3) is 16.6 Å². The summed E-state index contributed by atoms with van der Waals surface area (Å²) in [5.74, 6) is -0.710. The van der Waals surface area contributed by atoms with Gasteiger partial charge in [-0.1, -0.05) is 11.6 Å². The first kappa shape index (κ1) is 20.7. The molecule has 3 rings (SSSR count). The van der Waals surface area contributed by atoms with Gasteiger partial charge in [-0.3, -0.25) is 9.78 Å². The van der Waals surface area contributed by atoms with Gasteiger partial charge in [0.05, 0.1) is 27.8 Å². The first-order valence-electron chi connectivity index (χ1n) is 8.95. The predicted molar refractivity (Wildman–Crippen MR) is 109 cm³/mol. The lowest BCUT2D eigenvalue weighted by atomic mass is 10.2. The average Bonchev–Trinajstić information content (AvgIpc) is 2.64. The van der Waals surface area contributed by atoms with Gasteiger partial charge in [-0.15, -0.1) is 0 Å². The van der Waals surface area contributed by atoms with E-state index < -0.39 is 23.1 Å². The van der Waals surface area contributed by atoms with E-state index in [1.165, 1.54) is 21.7 Å². The van der Waals surface area contributed by atoms with E-state index in [1.54, 1.807) is 46.0 Å². The summed E-state index contributed by atoms with van der Waals surface area (Å²) in [6.45, 7) is 7.13. The molecular formula is C20H20ClFN4O3. The number of carbonyl (C=O) groups excluding carboxylic acids is 1. The summed E-state index contributed by atoms with van der Waals surface area (Å²) in [6.07, 6.45) is 2.31. The molecule has 0 spiro atoms. The third-order valence-corrected chi connectivity index (χ3v) is 4.36. The molecule has 0 N–H and O–H groups in total. The molecule has 0 saturated carbocycles. The van der Waals surface area contributed by atoms with Crippen molar-refractivity contribution in [1.29, 1.82) is 0 Å². The van der Waals surface area contributed by atoms with Gasteiger partial charge >= 0.3 is 6.09 Å². The molecule has 0 fully saturated rings. The van der Waals surface area contributed by atoms with Crippen LogP contribution in [0, 0.1) is 5.82 Å². The van der Waals surface area contributed by atoms with Crippen molar-refractivity contribution >= 4 is 34.5 Å². The average molecular weight is 419 g/mol. The van der Waals surface area contributed by atoms with Crippen molar-refractivity contribution < 1.29 is 13.9 Å². The molecule has 2 heterocycles. The van der Waals surface area contributed by atoms with Gasteiger partial charge in [-0.25, -0.2) is 23.6 Å². The van der Waals surface area contributed by atoms with E-state index in [1.807, 2.05) is 0 Å². The van der Waals surface area contributed by atoms with Crippen LogP contribution in [0.4, 0.5) is 15.1 Å². The highest BCUT2D eigenvalue weighted by Gasteiger charge is 2.28. The molecule has 3 aromatic rings. The third kappa shape index (κ3) is 4.07. The summed E-state index contributed by atoms with van der Waals surface area (Å²) in [5.41, 5.74) is -0.847. The molecule has 1 aromatic carbocycles. The van der Waals surface area contributed by atoms with E-state index in [0.29, 0.717) is 5.69 Å². The highest BCUT2D eigenvalue weighted by atomic mass is 35.5. The lowest BCUT2D eigenvalue weighted by Crippen LogP contribution is -2.40. The first-order chi connectivity index (χ1) is 13.6. The van der Waals surface area contributed by atoms with Crippen molar-refractivity contribution in [3.05, 3.63) is 57.9 Å². The molecule has 0 aliphatic heterocycles. The summed E-state index contributed by atoms with van der Waals surface area (Å²) in [6, 6.07) is 5.73. The maximum atomic E-state index is 14.0. The Labute approximate surface area is 171 Å². The summed E-state index contributed by atoms with van der Waals surface area (Å²) in [7, 11) is 0. The number of pyridine rings is 1. The fourth-order valence-corrected chi connectivity index (χ4v) is 3.01. The molecule has 0 bridgehead atoms. The Kier molecular flexibility index (Phi) is 5.57. The second-order valence-electron chi connectivity index (χ2n) is 7.24. The monoisotopic (exact) mass is 418 g/mol. The normalized spacial score (nSPS) is 11.5. The van der Waals surface area contributed by atoms with Crippen molar-refractivity contribution in [3.63, 3.8) is 0 Å². The van der Waals surface area contributed by atoms with Crippen molar-refractivity contribution in [2.24, 2.45) is 0 Å². The Hall–Kier alpha value is -3.00. The lowest BCUT2D eigenvalue weighted by Gasteiger charge is -2.27. The van der Waals surface area contributed by atoms with Gasteiger partial charge in [0, 0.05) is 12.7 Å². The quantitative estimate of drug-likeness (QED) is 0.632. The topological polar surface area (TPSA) is 77.3 Å². The minimum absolute atomic E-state index is 0.0231. The number of nitrogens with zero attached hydrogens (tertiary/aromatic N) is 4. The number of anilines is 1. The highest BCUT2D eigenvalue weighted by Crippen LogP contribution is 2.26. The van der Waals surface area contributed by atoms with E-state index in [-0.39, 0.29) is 28.4 Å². The zero-order valence-electron chi connectivity index (χ0n) is 16.4. The van der Waals surface area contributed by atoms with Gasteiger partial charge in [-0.05, 0) is 52.0 Å². The van der Waals surface area contributed by atoms with E-state index in [2.05, 4.69) is 9.97 Å². The molecule has 9 heteroatoms. The van der Waals surface area contributed by atoms with Gasteiger partial charge in [-0.2, -0.15) is 0 Å². The molecule has 29 heavy (non-hydrogen) atoms. The van der Waals surface area contributed by atoms with E-state index in [0.717, 1.165) is 6.07 Å². The molecule has 0 radical (unpaired) electrons. The Morgan fingerprint density at radius 3 is 2.62 bits per heavy atom. The Balaban J connectivity index is 2.34. The van der Waals surface area contributed by atoms with Crippen LogP contribution in [0.1, 0.15) is 27.7 Å². The zero-order valence-corrected chi connectivity index (χ0v) is 17.2. The van der Waals surface area contributed by atoms with Crippen LogP contribution in [0.3, 0.4) is 0 Å². The van der Waals surface area contributed by atoms with Crippen LogP contribution < -0.4 is 10.5 Å². The second kappa shape index (κ2) is 7.79. The van der Waals surface area contributed by atoms with Crippen LogP contribution in [-0.4, -0.2) is 32.8 Å². The fourth-order valence-electron chi connectivity index (χ4n) is 2.77. The van der Waals surface area contributed by atoms with Gasteiger partial charge in [0.1, 0.15) is 11.4 Å². The van der Waals surface area contributed by atoms with Crippen molar-refractivity contribution in [2.75, 3.05) is 11.4 Å². The smallest absolute Gasteiger partial charge is 0.417 e. The van der Waals surface area contributed by atoms with Crippen LogP contribution >= 0.6 is 11.6 Å². The second-order valence-corrected chi connectivity index (χ2v) is 7.62. The van der Waals surface area contributed by atoms with Crippen molar-refractivity contribution in [1.82, 2.24) is 14.5 Å². The summed E-state index contributed by atoms with van der Waals surface area (Å²) in [5, 5.41) is -0.413. The number of carbonyl (C=O) groups is 1. The molecule has 7 nitrogen and oxygen atoms in total. The van der Waals surface area contributed by atoms with Crippen LogP contribution in [0.2, 0.25) is 5.02 Å². The number of benzene rings is 1. The molecule has 0 unspecified atom stereocenters. The largest absolute Gasteiger partial charge is 0.443 e. The number of ether oxygens (including phenoxy) is 1. The van der Waals surface area contributed by atoms with Gasteiger partial charge < -0.3 is 4.74 Å². The fraction of sp³-hybridized carbons (Fsp3) is 0.300. The maximum Gasteiger partial charge on any atom is 0.417 e. The molecule has 152 valence electrons. The molecule has 0 atom stereocenters. The van der Waals surface area contributed by atoms with Crippen molar-refractivity contribution in [2.45, 2.75) is 33.3 Å². The SMILES string of the molecule is CCN(C(=O)OC(C)(C)C)c1nc2ccc(F)c(Cl)c2c(=O)n1-c1cccnc1. The molecule has 0 aliphatic carbocycles. The minimum Gasteiger partial charge on any atom is -0.443 e. The predicted octanol–water partition coefficient (Wildman–Crippen LogP) is 4.33. The number of rotatable bonds is 3. The first-order valence-corrected chi connectivity index (χ1v) is 9.33. The summed E-state index contributed by atoms with van der Waals surface area (Å²) < 4.78 is 20.6. The van der Waals surface area contributed by atoms with Crippen molar-refractivity contribution in [3.8, 4) is 5.69 Å². The van der Waals surface area contributed by atoms with Crippen LogP contribution in [-0.2, 0) is 4.74 Å². The molecular weight excluding hydrogens is 399 g/mol. The summed E-state index contributed by atoms with van der Waals surface area (Å²) >= 11 is 6.06. The number of aromatic nitrogens is 3. The van der Waals surface area contributed by atoms with E-state index in [4.69, 9.17) is 16.3 Å². The molecule has 1 amide bonds. The standard InChI is InChI=1S/C20H20ClFN4O3/c1-5-25(19(28)29-20(2,3)4)18-24-14-9-8-13(22)16(21)15(14)17(27)26(18)12-7-6-10-23-11-12/h6-11H,5H2,1-4H3. The number of hydrogen-bond acceptors (Lipinski definition) is 5. The molecule has 0 saturated heterocycles. The third-order valence-electron chi connectivity index (χ3n) is 3.99. The van der Waals surface area contributed by atoms with Crippen LogP contribution in [0.5, 0.6) is 0 Å². The molecule has 0 aliphatic rings. The van der Waals surface area contributed by atoms with Gasteiger partial charge in [0.2, 0.25) is 5.95 Å². The lowest BCUT2D eigenvalue weighted by molar-refractivity contribution is 0.0579. The minimum atomic E-state index is -0.743. The Bertz CT molecular complexity index is 1130. The highest BCUT2D eigenvalue weighted by molar-refractivity contribution is 6.35. The Morgan fingerprint density at radius 2 is 2.03 bits per heavy atom.